The van der Waals surface area contributed by atoms with Gasteiger partial charge in [0.2, 0.25) is 0 Å². The van der Waals surface area contributed by atoms with Crippen molar-refractivity contribution in [3.8, 4) is 0 Å². The van der Waals surface area contributed by atoms with Crippen LogP contribution in [0.5, 0.6) is 0 Å². The molecule has 3 nitrogen and oxygen atoms in total. The van der Waals surface area contributed by atoms with Crippen LogP contribution in [0.15, 0.2) is 33.4 Å². The van der Waals surface area contributed by atoms with Crippen molar-refractivity contribution < 1.29 is 13.6 Å². The summed E-state index contributed by atoms with van der Waals surface area (Å²) in [7, 11) is 1.60. The lowest BCUT2D eigenvalue weighted by atomic mass is 10.3. The zero-order chi connectivity index (χ0) is 14.7. The first-order valence-corrected chi connectivity index (χ1v) is 7.33. The summed E-state index contributed by atoms with van der Waals surface area (Å²) in [5.41, 5.74) is 0.925. The molecule has 0 aliphatic rings. The third kappa shape index (κ3) is 3.77. The number of urea groups is 1. The molecule has 0 spiro atoms. The number of rotatable bonds is 3. The minimum Gasteiger partial charge on any atom is -0.323 e. The third-order valence-corrected chi connectivity index (χ3v) is 4.11. The fourth-order valence-corrected chi connectivity index (χ4v) is 2.78. The Morgan fingerprint density at radius 1 is 1.40 bits per heavy atom. The van der Waals surface area contributed by atoms with E-state index in [0.717, 1.165) is 21.5 Å². The average molecular weight is 361 g/mol. The molecular weight excluding hydrogens is 350 g/mol. The van der Waals surface area contributed by atoms with Gasteiger partial charge < -0.3 is 10.2 Å². The van der Waals surface area contributed by atoms with E-state index in [1.165, 1.54) is 22.3 Å². The fraction of sp³-hybridized carbons (Fsp3) is 0.154. The number of nitrogens with one attached hydrogen (secondary N) is 1. The van der Waals surface area contributed by atoms with Crippen molar-refractivity contribution in [2.45, 2.75) is 6.54 Å². The molecule has 1 heterocycles. The number of hydrogen-bond donors (Lipinski definition) is 1. The van der Waals surface area contributed by atoms with Crippen molar-refractivity contribution in [3.05, 3.63) is 50.6 Å². The first-order chi connectivity index (χ1) is 9.45. The highest BCUT2D eigenvalue weighted by Crippen LogP contribution is 2.22. The molecule has 0 fully saturated rings. The lowest BCUT2D eigenvalue weighted by molar-refractivity contribution is 0.220. The number of carbonyl (C=O) groups excluding carboxylic acids is 1. The summed E-state index contributed by atoms with van der Waals surface area (Å²) < 4.78 is 27.2. The Balaban J connectivity index is 2.00. The lowest BCUT2D eigenvalue weighted by Gasteiger charge is -2.17. The Morgan fingerprint density at radius 2 is 2.15 bits per heavy atom. The van der Waals surface area contributed by atoms with Crippen LogP contribution in [0.1, 0.15) is 5.56 Å². The molecule has 0 saturated carbocycles. The maximum absolute atomic E-state index is 13.4. The van der Waals surface area contributed by atoms with Gasteiger partial charge in [0.25, 0.3) is 0 Å². The number of halogens is 3. The zero-order valence-corrected chi connectivity index (χ0v) is 12.9. The Kier molecular flexibility index (Phi) is 4.72. The number of carbonyl (C=O) groups is 1. The molecule has 1 aromatic carbocycles. The summed E-state index contributed by atoms with van der Waals surface area (Å²) >= 11 is 4.87. The molecule has 1 aromatic heterocycles. The van der Waals surface area contributed by atoms with Crippen LogP contribution in [0.25, 0.3) is 0 Å². The first-order valence-electron chi connectivity index (χ1n) is 5.66. The number of hydrogen-bond acceptors (Lipinski definition) is 2. The highest BCUT2D eigenvalue weighted by molar-refractivity contribution is 9.11. The summed E-state index contributed by atoms with van der Waals surface area (Å²) in [6.45, 7) is 0.400. The second-order valence-electron chi connectivity index (χ2n) is 4.17. The van der Waals surface area contributed by atoms with Gasteiger partial charge in [0.15, 0.2) is 0 Å². The van der Waals surface area contributed by atoms with Gasteiger partial charge in [-0.05, 0) is 45.1 Å². The normalized spacial score (nSPS) is 10.4. The van der Waals surface area contributed by atoms with Crippen LogP contribution in [-0.2, 0) is 6.54 Å². The predicted molar refractivity (Wildman–Crippen MR) is 78.9 cm³/mol. The SMILES string of the molecule is CN(Cc1csc(Br)c1)C(=O)Nc1ccc(F)cc1F. The highest BCUT2D eigenvalue weighted by atomic mass is 79.9. The van der Waals surface area contributed by atoms with Crippen LogP contribution < -0.4 is 5.32 Å². The molecule has 2 aromatic rings. The van der Waals surface area contributed by atoms with E-state index in [2.05, 4.69) is 21.2 Å². The molecule has 106 valence electrons. The molecule has 1 N–H and O–H groups in total. The highest BCUT2D eigenvalue weighted by Gasteiger charge is 2.13. The smallest absolute Gasteiger partial charge is 0.321 e. The van der Waals surface area contributed by atoms with Gasteiger partial charge in [-0.2, -0.15) is 0 Å². The van der Waals surface area contributed by atoms with Crippen molar-refractivity contribution in [1.82, 2.24) is 4.90 Å². The zero-order valence-electron chi connectivity index (χ0n) is 10.5. The number of amides is 2. The maximum atomic E-state index is 13.4. The van der Waals surface area contributed by atoms with E-state index in [4.69, 9.17) is 0 Å². The van der Waals surface area contributed by atoms with E-state index in [1.54, 1.807) is 7.05 Å². The van der Waals surface area contributed by atoms with Gasteiger partial charge in [0.05, 0.1) is 9.47 Å². The van der Waals surface area contributed by atoms with Gasteiger partial charge in [0.1, 0.15) is 11.6 Å². The summed E-state index contributed by atoms with van der Waals surface area (Å²) in [6.07, 6.45) is 0. The van der Waals surface area contributed by atoms with Crippen LogP contribution in [-0.4, -0.2) is 18.0 Å². The van der Waals surface area contributed by atoms with Gasteiger partial charge in [-0.15, -0.1) is 11.3 Å². The molecule has 2 amide bonds. The van der Waals surface area contributed by atoms with Crippen molar-refractivity contribution >= 4 is 39.0 Å². The second kappa shape index (κ2) is 6.32. The van der Waals surface area contributed by atoms with Crippen molar-refractivity contribution in [3.63, 3.8) is 0 Å². The van der Waals surface area contributed by atoms with Gasteiger partial charge >= 0.3 is 6.03 Å². The number of benzene rings is 1. The maximum Gasteiger partial charge on any atom is 0.321 e. The number of anilines is 1. The van der Waals surface area contributed by atoms with E-state index < -0.39 is 17.7 Å². The average Bonchev–Trinajstić information content (AvgIpc) is 2.78. The summed E-state index contributed by atoms with van der Waals surface area (Å²) in [5.74, 6) is -1.48. The van der Waals surface area contributed by atoms with Gasteiger partial charge in [-0.1, -0.05) is 0 Å². The van der Waals surface area contributed by atoms with Crippen LogP contribution >= 0.6 is 27.3 Å². The Bertz CT molecular complexity index is 633. The molecule has 20 heavy (non-hydrogen) atoms. The summed E-state index contributed by atoms with van der Waals surface area (Å²) in [6, 6.07) is 4.46. The van der Waals surface area contributed by atoms with Crippen LogP contribution in [0.2, 0.25) is 0 Å². The van der Waals surface area contributed by atoms with Crippen LogP contribution in [0, 0.1) is 11.6 Å². The molecular formula is C13H11BrF2N2OS. The summed E-state index contributed by atoms with van der Waals surface area (Å²) in [4.78, 5) is 13.3. The van der Waals surface area contributed by atoms with Gasteiger partial charge in [0, 0.05) is 19.7 Å². The van der Waals surface area contributed by atoms with Gasteiger partial charge in [-0.3, -0.25) is 0 Å². The molecule has 7 heteroatoms. The Morgan fingerprint density at radius 3 is 2.75 bits per heavy atom. The standard InChI is InChI=1S/C13H11BrF2N2OS/c1-18(6-8-4-12(14)20-7-8)13(19)17-11-3-2-9(15)5-10(11)16/h2-5,7H,6H2,1H3,(H,17,19). The molecule has 0 aliphatic heterocycles. The van der Waals surface area contributed by atoms with E-state index in [0.29, 0.717) is 6.54 Å². The number of nitrogens with zero attached hydrogens (tertiary/aromatic N) is 1. The lowest BCUT2D eigenvalue weighted by Crippen LogP contribution is -2.31. The van der Waals surface area contributed by atoms with E-state index in [9.17, 15) is 13.6 Å². The molecule has 2 rings (SSSR count). The Hall–Kier alpha value is -1.47. The van der Waals surface area contributed by atoms with Crippen molar-refractivity contribution in [1.29, 1.82) is 0 Å². The minimum absolute atomic E-state index is 0.0465. The molecule has 0 radical (unpaired) electrons. The van der Waals surface area contributed by atoms with E-state index >= 15 is 0 Å². The van der Waals surface area contributed by atoms with E-state index in [1.807, 2.05) is 11.4 Å². The molecule has 0 bridgehead atoms. The largest absolute Gasteiger partial charge is 0.323 e. The predicted octanol–water partition coefficient (Wildman–Crippen LogP) is 4.45. The summed E-state index contributed by atoms with van der Waals surface area (Å²) in [5, 5.41) is 4.32. The molecule has 0 aliphatic carbocycles. The molecule has 0 saturated heterocycles. The third-order valence-electron chi connectivity index (χ3n) is 2.56. The monoisotopic (exact) mass is 360 g/mol. The van der Waals surface area contributed by atoms with E-state index in [-0.39, 0.29) is 5.69 Å². The molecule has 0 unspecified atom stereocenters. The van der Waals surface area contributed by atoms with Crippen LogP contribution in [0.4, 0.5) is 19.3 Å². The first kappa shape index (κ1) is 14.9. The topological polar surface area (TPSA) is 32.3 Å². The Labute approximate surface area is 127 Å². The van der Waals surface area contributed by atoms with Gasteiger partial charge in [-0.25, -0.2) is 13.6 Å². The van der Waals surface area contributed by atoms with Crippen molar-refractivity contribution in [2.75, 3.05) is 12.4 Å². The quantitative estimate of drug-likeness (QED) is 0.861. The fourth-order valence-electron chi connectivity index (χ4n) is 1.58. The van der Waals surface area contributed by atoms with Crippen LogP contribution in [0.3, 0.4) is 0 Å². The second-order valence-corrected chi connectivity index (χ2v) is 6.46. The number of thiophene rings is 1. The van der Waals surface area contributed by atoms with Crippen molar-refractivity contribution in [2.24, 2.45) is 0 Å². The minimum atomic E-state index is -0.801. The molecule has 0 atom stereocenters.